The molecule has 0 saturated heterocycles. The molecule has 0 atom stereocenters. The Labute approximate surface area is 148 Å². The number of hydrogen-bond donors (Lipinski definition) is 1. The molecule has 3 aromatic rings. The number of aromatic nitrogens is 4. The van der Waals surface area contributed by atoms with Crippen LogP contribution in [0.5, 0.6) is 0 Å². The minimum atomic E-state index is -0.327. The van der Waals surface area contributed by atoms with Gasteiger partial charge in [0.25, 0.3) is 0 Å². The lowest BCUT2D eigenvalue weighted by molar-refractivity contribution is -0.113. The Morgan fingerprint density at radius 2 is 2.16 bits per heavy atom. The van der Waals surface area contributed by atoms with Gasteiger partial charge in [-0.15, -0.1) is 10.2 Å². The fourth-order valence-electron chi connectivity index (χ4n) is 2.27. The molecule has 8 heteroatoms. The van der Waals surface area contributed by atoms with Crippen LogP contribution in [0.25, 0.3) is 11.4 Å². The van der Waals surface area contributed by atoms with Gasteiger partial charge in [0.05, 0.1) is 5.75 Å². The highest BCUT2D eigenvalue weighted by atomic mass is 32.2. The number of carbonyl (C=O) groups excluding carboxylic acids is 1. The van der Waals surface area contributed by atoms with Crippen molar-refractivity contribution in [3.8, 4) is 11.4 Å². The fourth-order valence-corrected chi connectivity index (χ4v) is 2.98. The Bertz CT molecular complexity index is 897. The van der Waals surface area contributed by atoms with E-state index in [0.717, 1.165) is 5.56 Å². The second kappa shape index (κ2) is 7.43. The van der Waals surface area contributed by atoms with E-state index in [9.17, 15) is 9.18 Å². The normalized spacial score (nSPS) is 10.7. The van der Waals surface area contributed by atoms with Gasteiger partial charge in [-0.25, -0.2) is 4.39 Å². The number of nitrogens with one attached hydrogen (secondary N) is 1. The van der Waals surface area contributed by atoms with Crippen molar-refractivity contribution in [2.45, 2.75) is 12.1 Å². The molecule has 0 saturated carbocycles. The van der Waals surface area contributed by atoms with Crippen LogP contribution in [-0.2, 0) is 11.8 Å². The molecule has 128 valence electrons. The van der Waals surface area contributed by atoms with Gasteiger partial charge in [-0.3, -0.25) is 9.78 Å². The molecular formula is C17H16FN5OS. The molecule has 0 bridgehead atoms. The van der Waals surface area contributed by atoms with Crippen LogP contribution in [-0.4, -0.2) is 31.4 Å². The maximum absolute atomic E-state index is 13.1. The van der Waals surface area contributed by atoms with E-state index in [0.29, 0.717) is 22.2 Å². The SMILES string of the molecule is Cc1cc(F)ccc1NC(=O)CSc1nnc(-c2cccnc2)n1C. The van der Waals surface area contributed by atoms with E-state index in [1.807, 2.05) is 23.7 Å². The quantitative estimate of drug-likeness (QED) is 0.711. The second-order valence-corrected chi connectivity index (χ2v) is 6.35. The lowest BCUT2D eigenvalue weighted by Crippen LogP contribution is -2.15. The van der Waals surface area contributed by atoms with Gasteiger partial charge in [0.1, 0.15) is 5.82 Å². The lowest BCUT2D eigenvalue weighted by atomic mass is 10.2. The average molecular weight is 357 g/mol. The van der Waals surface area contributed by atoms with Gasteiger partial charge in [0.2, 0.25) is 5.91 Å². The van der Waals surface area contributed by atoms with Gasteiger partial charge in [0, 0.05) is 30.7 Å². The first-order valence-electron chi connectivity index (χ1n) is 7.53. The van der Waals surface area contributed by atoms with E-state index in [-0.39, 0.29) is 17.5 Å². The van der Waals surface area contributed by atoms with Gasteiger partial charge in [-0.1, -0.05) is 11.8 Å². The molecule has 0 fully saturated rings. The molecule has 2 aromatic heterocycles. The lowest BCUT2D eigenvalue weighted by Gasteiger charge is -2.08. The van der Waals surface area contributed by atoms with E-state index in [1.54, 1.807) is 25.4 Å². The first kappa shape index (κ1) is 17.1. The number of amides is 1. The number of anilines is 1. The molecule has 0 spiro atoms. The number of pyridine rings is 1. The van der Waals surface area contributed by atoms with Crippen molar-refractivity contribution >= 4 is 23.4 Å². The summed E-state index contributed by atoms with van der Waals surface area (Å²) in [6.07, 6.45) is 3.40. The van der Waals surface area contributed by atoms with Crippen LogP contribution in [0.3, 0.4) is 0 Å². The standard InChI is InChI=1S/C17H16FN5OS/c1-11-8-13(18)5-6-14(11)20-15(24)10-25-17-22-21-16(23(17)2)12-4-3-7-19-9-12/h3-9H,10H2,1-2H3,(H,20,24). The van der Waals surface area contributed by atoms with Crippen molar-refractivity contribution < 1.29 is 9.18 Å². The van der Waals surface area contributed by atoms with Crippen LogP contribution in [0, 0.1) is 12.7 Å². The Hall–Kier alpha value is -2.74. The summed E-state index contributed by atoms with van der Waals surface area (Å²) in [5.41, 5.74) is 2.13. The van der Waals surface area contributed by atoms with Crippen molar-refractivity contribution in [3.63, 3.8) is 0 Å². The number of carbonyl (C=O) groups is 1. The summed E-state index contributed by atoms with van der Waals surface area (Å²) in [4.78, 5) is 16.2. The van der Waals surface area contributed by atoms with Crippen LogP contribution in [0.4, 0.5) is 10.1 Å². The Balaban J connectivity index is 1.64. The van der Waals surface area contributed by atoms with E-state index in [1.165, 1.54) is 23.9 Å². The molecule has 25 heavy (non-hydrogen) atoms. The highest BCUT2D eigenvalue weighted by Crippen LogP contribution is 2.22. The van der Waals surface area contributed by atoms with Crippen molar-refractivity contribution in [1.82, 2.24) is 19.7 Å². The summed E-state index contributed by atoms with van der Waals surface area (Å²) in [5.74, 6) is 0.346. The summed E-state index contributed by atoms with van der Waals surface area (Å²) in [5, 5.41) is 11.7. The van der Waals surface area contributed by atoms with E-state index >= 15 is 0 Å². The van der Waals surface area contributed by atoms with Gasteiger partial charge in [-0.05, 0) is 42.8 Å². The van der Waals surface area contributed by atoms with Crippen LogP contribution >= 0.6 is 11.8 Å². The summed E-state index contributed by atoms with van der Waals surface area (Å²) in [6.45, 7) is 1.74. The largest absolute Gasteiger partial charge is 0.325 e. The summed E-state index contributed by atoms with van der Waals surface area (Å²) >= 11 is 1.28. The predicted molar refractivity (Wildman–Crippen MR) is 94.7 cm³/mol. The summed E-state index contributed by atoms with van der Waals surface area (Å²) in [6, 6.07) is 7.98. The number of aryl methyl sites for hydroxylation is 1. The Morgan fingerprint density at radius 1 is 1.32 bits per heavy atom. The second-order valence-electron chi connectivity index (χ2n) is 5.40. The van der Waals surface area contributed by atoms with Crippen molar-refractivity contribution in [1.29, 1.82) is 0 Å². The molecule has 0 aliphatic carbocycles. The highest BCUT2D eigenvalue weighted by Gasteiger charge is 2.13. The van der Waals surface area contributed by atoms with Gasteiger partial charge >= 0.3 is 0 Å². The zero-order chi connectivity index (χ0) is 17.8. The molecule has 2 heterocycles. The molecule has 1 aromatic carbocycles. The summed E-state index contributed by atoms with van der Waals surface area (Å²) < 4.78 is 14.9. The first-order valence-corrected chi connectivity index (χ1v) is 8.52. The molecule has 6 nitrogen and oxygen atoms in total. The molecular weight excluding hydrogens is 341 g/mol. The molecule has 1 amide bonds. The number of benzene rings is 1. The molecule has 0 unspecified atom stereocenters. The number of halogens is 1. The monoisotopic (exact) mass is 357 g/mol. The molecule has 0 aliphatic rings. The van der Waals surface area contributed by atoms with Crippen LogP contribution in [0.15, 0.2) is 47.9 Å². The first-order chi connectivity index (χ1) is 12.0. The van der Waals surface area contributed by atoms with Gasteiger partial charge in [0.15, 0.2) is 11.0 Å². The Kier molecular flexibility index (Phi) is 5.08. The highest BCUT2D eigenvalue weighted by molar-refractivity contribution is 7.99. The zero-order valence-electron chi connectivity index (χ0n) is 13.7. The minimum absolute atomic E-state index is 0.176. The maximum atomic E-state index is 13.1. The van der Waals surface area contributed by atoms with Crippen molar-refractivity contribution in [2.24, 2.45) is 7.05 Å². The average Bonchev–Trinajstić information content (AvgIpc) is 2.97. The summed E-state index contributed by atoms with van der Waals surface area (Å²) in [7, 11) is 1.84. The van der Waals surface area contributed by atoms with Crippen molar-refractivity contribution in [3.05, 3.63) is 54.1 Å². The molecule has 0 radical (unpaired) electrons. The van der Waals surface area contributed by atoms with E-state index in [2.05, 4.69) is 20.5 Å². The minimum Gasteiger partial charge on any atom is -0.325 e. The zero-order valence-corrected chi connectivity index (χ0v) is 14.5. The number of thioether (sulfide) groups is 1. The van der Waals surface area contributed by atoms with Crippen LogP contribution in [0.2, 0.25) is 0 Å². The van der Waals surface area contributed by atoms with E-state index in [4.69, 9.17) is 0 Å². The number of rotatable bonds is 5. The fraction of sp³-hybridized carbons (Fsp3) is 0.176. The molecule has 0 aliphatic heterocycles. The third-order valence-corrected chi connectivity index (χ3v) is 4.57. The van der Waals surface area contributed by atoms with Crippen LogP contribution < -0.4 is 5.32 Å². The topological polar surface area (TPSA) is 72.7 Å². The third-order valence-electron chi connectivity index (χ3n) is 3.55. The van der Waals surface area contributed by atoms with Crippen LogP contribution in [0.1, 0.15) is 5.56 Å². The molecule has 1 N–H and O–H groups in total. The smallest absolute Gasteiger partial charge is 0.234 e. The van der Waals surface area contributed by atoms with Crippen molar-refractivity contribution in [2.75, 3.05) is 11.1 Å². The predicted octanol–water partition coefficient (Wildman–Crippen LogP) is 3.06. The van der Waals surface area contributed by atoms with Gasteiger partial charge in [-0.2, -0.15) is 0 Å². The molecule has 3 rings (SSSR count). The van der Waals surface area contributed by atoms with Gasteiger partial charge < -0.3 is 9.88 Å². The number of nitrogens with zero attached hydrogens (tertiary/aromatic N) is 4. The number of hydrogen-bond acceptors (Lipinski definition) is 5. The maximum Gasteiger partial charge on any atom is 0.234 e. The third kappa shape index (κ3) is 4.03. The Morgan fingerprint density at radius 3 is 2.88 bits per heavy atom. The van der Waals surface area contributed by atoms with E-state index < -0.39 is 0 Å².